The van der Waals surface area contributed by atoms with Crippen molar-refractivity contribution in [3.63, 3.8) is 0 Å². The monoisotopic (exact) mass is 478 g/mol. The molecule has 0 saturated heterocycles. The Kier molecular flexibility index (Phi) is 4.73. The Morgan fingerprint density at radius 2 is 1.69 bits per heavy atom. The first-order valence-corrected chi connectivity index (χ1v) is 10.5. The molecule has 4 heterocycles. The number of rotatable bonds is 3. The lowest BCUT2D eigenvalue weighted by Crippen LogP contribution is -2.13. The first-order valence-electron chi connectivity index (χ1n) is 8.82. The minimum Gasteiger partial charge on any atom is -0.310 e. The molecule has 0 amide bonds. The lowest BCUT2D eigenvalue weighted by molar-refractivity contribution is -0.141. The van der Waals surface area contributed by atoms with Gasteiger partial charge in [0.1, 0.15) is 11.2 Å². The molecule has 0 aliphatic rings. The second-order valence-electron chi connectivity index (χ2n) is 6.73. The Hall–Kier alpha value is -3.23. The molecule has 0 unspecified atom stereocenters. The molecule has 0 atom stereocenters. The van der Waals surface area contributed by atoms with Crippen LogP contribution in [0, 0.1) is 0 Å². The summed E-state index contributed by atoms with van der Waals surface area (Å²) in [5.41, 5.74) is -3.14. The maximum Gasteiger partial charge on any atom is 0.434 e. The summed E-state index contributed by atoms with van der Waals surface area (Å²) in [6, 6.07) is 0.735. The van der Waals surface area contributed by atoms with Gasteiger partial charge in [0.25, 0.3) is 0 Å². The van der Waals surface area contributed by atoms with Gasteiger partial charge in [0, 0.05) is 19.4 Å². The van der Waals surface area contributed by atoms with E-state index in [1.807, 2.05) is 0 Å². The van der Waals surface area contributed by atoms with Crippen LogP contribution in [0.15, 0.2) is 29.7 Å². The molecule has 0 N–H and O–H groups in total. The minimum absolute atomic E-state index is 0.000918. The average molecular weight is 478 g/mol. The van der Waals surface area contributed by atoms with Gasteiger partial charge in [0.05, 0.1) is 17.5 Å². The van der Waals surface area contributed by atoms with Crippen LogP contribution >= 0.6 is 0 Å². The van der Waals surface area contributed by atoms with Crippen LogP contribution in [0.25, 0.3) is 28.3 Å². The number of nitrogens with zero attached hydrogens (tertiary/aromatic N) is 6. The molecule has 170 valence electrons. The Morgan fingerprint density at radius 1 is 1.00 bits per heavy atom. The number of sulfone groups is 1. The summed E-state index contributed by atoms with van der Waals surface area (Å²) in [5, 5.41) is -0.586. The predicted molar refractivity (Wildman–Crippen MR) is 98.2 cm³/mol. The van der Waals surface area contributed by atoms with E-state index in [1.54, 1.807) is 0 Å². The molecule has 15 heteroatoms. The van der Waals surface area contributed by atoms with Gasteiger partial charge < -0.3 is 4.57 Å². The van der Waals surface area contributed by atoms with Gasteiger partial charge in [0.15, 0.2) is 37.7 Å². The molecule has 0 bridgehead atoms. The van der Waals surface area contributed by atoms with Gasteiger partial charge in [-0.1, -0.05) is 6.92 Å². The highest BCUT2D eigenvalue weighted by Crippen LogP contribution is 2.34. The van der Waals surface area contributed by atoms with Crippen molar-refractivity contribution >= 4 is 26.6 Å². The van der Waals surface area contributed by atoms with E-state index in [1.165, 1.54) is 18.5 Å². The van der Waals surface area contributed by atoms with Crippen molar-refractivity contribution in [2.45, 2.75) is 24.3 Å². The van der Waals surface area contributed by atoms with Crippen LogP contribution in [0.1, 0.15) is 18.2 Å². The van der Waals surface area contributed by atoms with Crippen molar-refractivity contribution in [2.24, 2.45) is 7.05 Å². The zero-order valence-corrected chi connectivity index (χ0v) is 17.0. The number of hydrogen-bond donors (Lipinski definition) is 0. The van der Waals surface area contributed by atoms with Crippen LogP contribution in [0.5, 0.6) is 0 Å². The van der Waals surface area contributed by atoms with E-state index in [4.69, 9.17) is 0 Å². The lowest BCUT2D eigenvalue weighted by Gasteiger charge is -2.08. The van der Waals surface area contributed by atoms with Crippen LogP contribution in [0.4, 0.5) is 26.3 Å². The average Bonchev–Trinajstić information content (AvgIpc) is 3.24. The summed E-state index contributed by atoms with van der Waals surface area (Å²) in [7, 11) is -2.78. The molecular weight excluding hydrogens is 466 g/mol. The van der Waals surface area contributed by atoms with E-state index in [9.17, 15) is 34.8 Å². The van der Waals surface area contributed by atoms with Gasteiger partial charge in [-0.25, -0.2) is 28.4 Å². The summed E-state index contributed by atoms with van der Waals surface area (Å²) in [4.78, 5) is 15.1. The second kappa shape index (κ2) is 6.88. The fraction of sp³-hybridized carbons (Fsp3) is 0.294. The Labute approximate surface area is 175 Å². The summed E-state index contributed by atoms with van der Waals surface area (Å²) in [5.74, 6) is -0.658. The van der Waals surface area contributed by atoms with Crippen molar-refractivity contribution in [3.8, 4) is 11.5 Å². The number of pyridine rings is 1. The Morgan fingerprint density at radius 3 is 2.28 bits per heavy atom. The van der Waals surface area contributed by atoms with Gasteiger partial charge in [-0.05, 0) is 6.07 Å². The minimum atomic E-state index is -4.85. The van der Waals surface area contributed by atoms with Gasteiger partial charge in [-0.2, -0.15) is 26.3 Å². The van der Waals surface area contributed by atoms with Gasteiger partial charge in [-0.3, -0.25) is 4.40 Å². The molecule has 0 spiro atoms. The van der Waals surface area contributed by atoms with E-state index >= 15 is 0 Å². The van der Waals surface area contributed by atoms with E-state index in [2.05, 4.69) is 19.9 Å². The molecule has 4 rings (SSSR count). The SMILES string of the molecule is CCS(=O)(=O)c1c(-c2nc3cc(C(F)(F)F)cnc3n2C)nc2cnc(C(F)(F)F)cn12. The maximum atomic E-state index is 13.1. The normalized spacial score (nSPS) is 13.4. The molecular formula is C17H12F6N6O2S. The summed E-state index contributed by atoms with van der Waals surface area (Å²) < 4.78 is 106. The van der Waals surface area contributed by atoms with E-state index < -0.39 is 44.2 Å². The molecule has 0 radical (unpaired) electrons. The van der Waals surface area contributed by atoms with Gasteiger partial charge >= 0.3 is 12.4 Å². The maximum absolute atomic E-state index is 13.1. The molecule has 0 aliphatic carbocycles. The third-order valence-electron chi connectivity index (χ3n) is 4.68. The quantitative estimate of drug-likeness (QED) is 0.419. The number of halogens is 6. The first kappa shape index (κ1) is 22.0. The third kappa shape index (κ3) is 3.45. The van der Waals surface area contributed by atoms with E-state index in [0.717, 1.165) is 16.7 Å². The highest BCUT2D eigenvalue weighted by molar-refractivity contribution is 7.91. The predicted octanol–water partition coefficient (Wildman–Crippen LogP) is 3.51. The highest BCUT2D eigenvalue weighted by atomic mass is 32.2. The van der Waals surface area contributed by atoms with Crippen LogP contribution in [-0.4, -0.2) is 43.1 Å². The number of hydrogen-bond acceptors (Lipinski definition) is 6. The van der Waals surface area contributed by atoms with Gasteiger partial charge in [0.2, 0.25) is 0 Å². The largest absolute Gasteiger partial charge is 0.434 e. The number of alkyl halides is 6. The van der Waals surface area contributed by atoms with Crippen LogP contribution < -0.4 is 0 Å². The van der Waals surface area contributed by atoms with Crippen molar-refractivity contribution in [3.05, 3.63) is 35.9 Å². The summed E-state index contributed by atoms with van der Waals surface area (Å²) in [6.45, 7) is 1.29. The van der Waals surface area contributed by atoms with Crippen LogP contribution in [0.3, 0.4) is 0 Å². The summed E-state index contributed by atoms with van der Waals surface area (Å²) in [6.07, 6.45) is -7.68. The topological polar surface area (TPSA) is 95.0 Å². The highest BCUT2D eigenvalue weighted by Gasteiger charge is 2.36. The fourth-order valence-electron chi connectivity index (χ4n) is 3.10. The molecule has 32 heavy (non-hydrogen) atoms. The van der Waals surface area contributed by atoms with Crippen LogP contribution in [-0.2, 0) is 29.2 Å². The smallest absolute Gasteiger partial charge is 0.310 e. The third-order valence-corrected chi connectivity index (χ3v) is 6.42. The molecule has 4 aromatic rings. The Bertz CT molecular complexity index is 1470. The zero-order chi connectivity index (χ0) is 23.6. The van der Waals surface area contributed by atoms with Crippen molar-refractivity contribution < 1.29 is 34.8 Å². The molecule has 8 nitrogen and oxygen atoms in total. The lowest BCUT2D eigenvalue weighted by atomic mass is 10.2. The molecule has 0 fully saturated rings. The number of imidazole rings is 2. The number of aromatic nitrogens is 6. The van der Waals surface area contributed by atoms with Crippen molar-refractivity contribution in [1.82, 2.24) is 28.9 Å². The summed E-state index contributed by atoms with van der Waals surface area (Å²) >= 11 is 0. The van der Waals surface area contributed by atoms with Gasteiger partial charge in [-0.15, -0.1) is 0 Å². The van der Waals surface area contributed by atoms with Crippen molar-refractivity contribution in [1.29, 1.82) is 0 Å². The molecule has 4 aromatic heterocycles. The van der Waals surface area contributed by atoms with Crippen LogP contribution in [0.2, 0.25) is 0 Å². The number of fused-ring (bicyclic) bond motifs is 2. The van der Waals surface area contributed by atoms with Crippen molar-refractivity contribution in [2.75, 3.05) is 5.75 Å². The first-order chi connectivity index (χ1) is 14.7. The number of aryl methyl sites for hydroxylation is 1. The Balaban J connectivity index is 2.05. The van der Waals surface area contributed by atoms with E-state index in [-0.39, 0.29) is 28.3 Å². The second-order valence-corrected chi connectivity index (χ2v) is 8.92. The van der Waals surface area contributed by atoms with E-state index in [0.29, 0.717) is 12.4 Å². The zero-order valence-electron chi connectivity index (χ0n) is 16.2. The standard InChI is InChI=1S/C17H12F6N6O2S/c1-3-32(30,31)15-12(27-11-6-24-10(7-29(11)15)17(21,22)23)14-26-9-4-8(16(18,19)20)5-25-13(9)28(14)2/h4-7H,3H2,1-2H3. The fourth-order valence-corrected chi connectivity index (χ4v) is 4.25. The molecule has 0 aromatic carbocycles. The molecule has 0 saturated carbocycles. The molecule has 0 aliphatic heterocycles.